The summed E-state index contributed by atoms with van der Waals surface area (Å²) in [5.74, 6) is -1.38. The lowest BCUT2D eigenvalue weighted by Crippen LogP contribution is -2.29. The summed E-state index contributed by atoms with van der Waals surface area (Å²) in [6, 6.07) is 4.86. The van der Waals surface area contributed by atoms with E-state index in [1.807, 2.05) is 0 Å². The number of primary amides is 1. The van der Waals surface area contributed by atoms with E-state index in [4.69, 9.17) is 33.7 Å². The van der Waals surface area contributed by atoms with E-state index in [0.29, 0.717) is 15.6 Å². The number of carbonyl (C=O) groups is 2. The predicted octanol–water partition coefficient (Wildman–Crippen LogP) is 2.42. The third kappa shape index (κ3) is 4.39. The third-order valence-corrected chi connectivity index (χ3v) is 2.62. The van der Waals surface area contributed by atoms with Gasteiger partial charge in [-0.25, -0.2) is 4.79 Å². The number of ether oxygens (including phenoxy) is 1. The van der Waals surface area contributed by atoms with Crippen LogP contribution < -0.4 is 5.73 Å². The summed E-state index contributed by atoms with van der Waals surface area (Å²) in [5, 5.41) is 0.913. The lowest BCUT2D eigenvalue weighted by molar-refractivity contribution is -0.148. The van der Waals surface area contributed by atoms with Gasteiger partial charge in [-0.2, -0.15) is 0 Å². The Morgan fingerprint density at radius 2 is 2.06 bits per heavy atom. The van der Waals surface area contributed by atoms with Crippen molar-refractivity contribution in [1.29, 1.82) is 0 Å². The van der Waals surface area contributed by atoms with E-state index in [1.165, 1.54) is 13.0 Å². The maximum absolute atomic E-state index is 11.3. The molecule has 1 rings (SSSR count). The Morgan fingerprint density at radius 3 is 2.61 bits per heavy atom. The van der Waals surface area contributed by atoms with Crippen molar-refractivity contribution in [3.63, 3.8) is 0 Å². The number of carbonyl (C=O) groups excluding carboxylic acids is 2. The van der Waals surface area contributed by atoms with Crippen LogP contribution in [0.2, 0.25) is 10.0 Å². The molecule has 0 aromatic heterocycles. The Hall–Kier alpha value is -1.52. The Bertz CT molecular complexity index is 500. The quantitative estimate of drug-likeness (QED) is 0.683. The molecule has 0 bridgehead atoms. The minimum Gasteiger partial charge on any atom is -0.449 e. The van der Waals surface area contributed by atoms with Crippen molar-refractivity contribution in [3.05, 3.63) is 39.9 Å². The zero-order valence-electron chi connectivity index (χ0n) is 9.52. The number of rotatable bonds is 4. The van der Waals surface area contributed by atoms with E-state index in [-0.39, 0.29) is 0 Å². The Kier molecular flexibility index (Phi) is 5.19. The van der Waals surface area contributed by atoms with Gasteiger partial charge in [-0.15, -0.1) is 0 Å². The molecule has 0 fully saturated rings. The first kappa shape index (κ1) is 14.5. The van der Waals surface area contributed by atoms with Crippen LogP contribution in [0.15, 0.2) is 24.3 Å². The molecular weight excluding hydrogens is 277 g/mol. The number of nitrogens with two attached hydrogens (primary N) is 1. The van der Waals surface area contributed by atoms with Crippen LogP contribution in [-0.2, 0) is 14.3 Å². The smallest absolute Gasteiger partial charge is 0.331 e. The molecule has 1 aromatic rings. The average molecular weight is 288 g/mol. The number of esters is 1. The molecule has 0 unspecified atom stereocenters. The normalized spacial score (nSPS) is 12.4. The van der Waals surface area contributed by atoms with Gasteiger partial charge >= 0.3 is 5.97 Å². The van der Waals surface area contributed by atoms with Gasteiger partial charge in [-0.3, -0.25) is 4.79 Å². The summed E-state index contributed by atoms with van der Waals surface area (Å²) in [6.45, 7) is 1.39. The summed E-state index contributed by atoms with van der Waals surface area (Å²) in [4.78, 5) is 22.0. The van der Waals surface area contributed by atoms with Crippen molar-refractivity contribution in [1.82, 2.24) is 0 Å². The molecule has 4 nitrogen and oxygen atoms in total. The molecule has 18 heavy (non-hydrogen) atoms. The second-order valence-electron chi connectivity index (χ2n) is 3.48. The Balaban J connectivity index is 2.69. The van der Waals surface area contributed by atoms with E-state index in [9.17, 15) is 9.59 Å². The van der Waals surface area contributed by atoms with Gasteiger partial charge < -0.3 is 10.5 Å². The number of amides is 1. The molecule has 0 aliphatic rings. The lowest BCUT2D eigenvalue weighted by atomic mass is 10.2. The number of halogens is 2. The van der Waals surface area contributed by atoms with Gasteiger partial charge in [-0.05, 0) is 30.7 Å². The maximum Gasteiger partial charge on any atom is 0.331 e. The highest BCUT2D eigenvalue weighted by Gasteiger charge is 2.12. The number of benzene rings is 1. The number of hydrogen-bond donors (Lipinski definition) is 1. The molecule has 0 saturated carbocycles. The molecule has 0 heterocycles. The maximum atomic E-state index is 11.3. The zero-order valence-corrected chi connectivity index (χ0v) is 11.0. The SMILES string of the molecule is C[C@H](OC(=O)/C=C/c1ccc(Cl)cc1Cl)C(N)=O. The van der Waals surface area contributed by atoms with Gasteiger partial charge in [0.2, 0.25) is 0 Å². The van der Waals surface area contributed by atoms with E-state index >= 15 is 0 Å². The van der Waals surface area contributed by atoms with Crippen LogP contribution in [0, 0.1) is 0 Å². The molecule has 6 heteroatoms. The molecule has 0 spiro atoms. The van der Waals surface area contributed by atoms with Crippen molar-refractivity contribution in [3.8, 4) is 0 Å². The highest BCUT2D eigenvalue weighted by atomic mass is 35.5. The highest BCUT2D eigenvalue weighted by Crippen LogP contribution is 2.21. The van der Waals surface area contributed by atoms with Crippen molar-refractivity contribution in [2.24, 2.45) is 5.73 Å². The van der Waals surface area contributed by atoms with Crippen molar-refractivity contribution in [2.45, 2.75) is 13.0 Å². The Labute approximate surface area is 114 Å². The monoisotopic (exact) mass is 287 g/mol. The van der Waals surface area contributed by atoms with Crippen LogP contribution in [-0.4, -0.2) is 18.0 Å². The summed E-state index contributed by atoms with van der Waals surface area (Å²) < 4.78 is 4.73. The van der Waals surface area contributed by atoms with Gasteiger partial charge in [0.25, 0.3) is 5.91 Å². The molecule has 0 radical (unpaired) electrons. The second-order valence-corrected chi connectivity index (χ2v) is 4.32. The van der Waals surface area contributed by atoms with E-state index in [0.717, 1.165) is 6.08 Å². The molecule has 0 aliphatic carbocycles. The second kappa shape index (κ2) is 6.42. The van der Waals surface area contributed by atoms with Crippen LogP contribution in [0.3, 0.4) is 0 Å². The zero-order chi connectivity index (χ0) is 13.7. The van der Waals surface area contributed by atoms with Crippen LogP contribution in [0.5, 0.6) is 0 Å². The predicted molar refractivity (Wildman–Crippen MR) is 70.2 cm³/mol. The van der Waals surface area contributed by atoms with E-state index < -0.39 is 18.0 Å². The van der Waals surface area contributed by atoms with Gasteiger partial charge in [0.1, 0.15) is 0 Å². The molecule has 96 valence electrons. The first-order chi connectivity index (χ1) is 8.40. The van der Waals surface area contributed by atoms with Crippen LogP contribution >= 0.6 is 23.2 Å². The topological polar surface area (TPSA) is 69.4 Å². The standard InChI is InChI=1S/C12H11Cl2NO3/c1-7(12(15)17)18-11(16)5-3-8-2-4-9(13)6-10(8)14/h2-7H,1H3,(H2,15,17)/b5-3+/t7-/m0/s1. The van der Waals surface area contributed by atoms with Crippen LogP contribution in [0.1, 0.15) is 12.5 Å². The summed E-state index contributed by atoms with van der Waals surface area (Å²) in [6.07, 6.45) is 1.66. The first-order valence-electron chi connectivity index (χ1n) is 5.03. The van der Waals surface area contributed by atoms with Crippen LogP contribution in [0.4, 0.5) is 0 Å². The fourth-order valence-corrected chi connectivity index (χ4v) is 1.54. The molecule has 0 saturated heterocycles. The third-order valence-electron chi connectivity index (χ3n) is 2.06. The van der Waals surface area contributed by atoms with Gasteiger partial charge in [0, 0.05) is 16.1 Å². The summed E-state index contributed by atoms with van der Waals surface area (Å²) in [7, 11) is 0. The molecule has 0 aliphatic heterocycles. The van der Waals surface area contributed by atoms with Gasteiger partial charge in [0.15, 0.2) is 6.10 Å². The lowest BCUT2D eigenvalue weighted by Gasteiger charge is -2.06. The Morgan fingerprint density at radius 1 is 1.39 bits per heavy atom. The van der Waals surface area contributed by atoms with E-state index in [2.05, 4.69) is 0 Å². The minimum atomic E-state index is -0.970. The highest BCUT2D eigenvalue weighted by molar-refractivity contribution is 6.35. The van der Waals surface area contributed by atoms with Crippen molar-refractivity contribution >= 4 is 41.2 Å². The average Bonchev–Trinajstić information content (AvgIpc) is 2.27. The molecule has 2 N–H and O–H groups in total. The van der Waals surface area contributed by atoms with E-state index in [1.54, 1.807) is 18.2 Å². The van der Waals surface area contributed by atoms with Crippen molar-refractivity contribution in [2.75, 3.05) is 0 Å². The molecule has 1 atom stereocenters. The van der Waals surface area contributed by atoms with Crippen molar-refractivity contribution < 1.29 is 14.3 Å². The van der Waals surface area contributed by atoms with Crippen LogP contribution in [0.25, 0.3) is 6.08 Å². The number of hydrogen-bond acceptors (Lipinski definition) is 3. The van der Waals surface area contributed by atoms with Gasteiger partial charge in [0.05, 0.1) is 0 Å². The fourth-order valence-electron chi connectivity index (χ4n) is 1.07. The minimum absolute atomic E-state index is 0.412. The molecule has 1 amide bonds. The summed E-state index contributed by atoms with van der Waals surface area (Å²) >= 11 is 11.6. The largest absolute Gasteiger partial charge is 0.449 e. The first-order valence-corrected chi connectivity index (χ1v) is 5.79. The molecular formula is C12H11Cl2NO3. The fraction of sp³-hybridized carbons (Fsp3) is 0.167. The summed E-state index contributed by atoms with van der Waals surface area (Å²) in [5.41, 5.74) is 5.57. The van der Waals surface area contributed by atoms with Gasteiger partial charge in [-0.1, -0.05) is 29.3 Å². The molecule has 1 aromatic carbocycles.